The van der Waals surface area contributed by atoms with Crippen LogP contribution in [0.3, 0.4) is 0 Å². The lowest BCUT2D eigenvalue weighted by Crippen LogP contribution is -2.52. The lowest BCUT2D eigenvalue weighted by atomic mass is 10.1. The molecule has 4 N–H and O–H groups in total. The molecule has 12 nitrogen and oxygen atoms in total. The van der Waals surface area contributed by atoms with Crippen molar-refractivity contribution in [3.05, 3.63) is 29.8 Å². The van der Waals surface area contributed by atoms with Crippen LogP contribution < -0.4 is 20.7 Å². The number of hydrogen-bond acceptors (Lipinski definition) is 9. The number of amides is 3. The highest BCUT2D eigenvalue weighted by Gasteiger charge is 2.27. The fourth-order valence-corrected chi connectivity index (χ4v) is 2.95. The summed E-state index contributed by atoms with van der Waals surface area (Å²) in [7, 11) is 1.38. The molecule has 0 aliphatic carbocycles. The number of esters is 2. The number of ether oxygens (including phenoxy) is 3. The van der Waals surface area contributed by atoms with Crippen molar-refractivity contribution in [2.75, 3.05) is 20.3 Å². The third-order valence-corrected chi connectivity index (χ3v) is 4.71. The number of aromatic hydroxyl groups is 1. The number of carbonyl (C=O) groups excluding carboxylic acids is 5. The van der Waals surface area contributed by atoms with E-state index in [4.69, 9.17) is 15.6 Å². The zero-order valence-electron chi connectivity index (χ0n) is 23.5. The molecule has 0 aliphatic rings. The van der Waals surface area contributed by atoms with Crippen LogP contribution in [0.25, 0.3) is 6.08 Å². The lowest BCUT2D eigenvalue weighted by Gasteiger charge is -2.22. The molecule has 38 heavy (non-hydrogen) atoms. The van der Waals surface area contributed by atoms with Crippen molar-refractivity contribution in [3.8, 4) is 11.5 Å². The molecule has 0 spiro atoms. The maximum atomic E-state index is 12.7. The SMILES string of the molecule is [2H]N(C(=O)CNC(=O)/C=C/c1ccc(O)c(OC)c1)[C@@H](C)C(=O)N[C@@H](CCC(=O)OC(C)(C)C)C(=O)OCC. The molecular weight excluding hydrogens is 498 g/mol. The molecule has 12 heteroatoms. The van der Waals surface area contributed by atoms with E-state index in [0.29, 0.717) is 10.9 Å². The van der Waals surface area contributed by atoms with Crippen molar-refractivity contribution in [2.24, 2.45) is 0 Å². The molecule has 0 saturated heterocycles. The standard InChI is InChI=1S/C26H37N3O9/c1-7-37-25(35)18(10-13-23(33)38-26(3,4)5)29-24(34)16(2)28-22(32)15-27-21(31)12-9-17-8-11-19(30)20(14-17)36-6/h8-9,11-12,14,16,18,30H,7,10,13,15H2,1-6H3,(H,27,31)(H,28,32)(H,29,34)/b12-9+/t16-,18-/m0/s1/i/hD. The Morgan fingerprint density at radius 3 is 2.47 bits per heavy atom. The Bertz CT molecular complexity index is 1070. The van der Waals surface area contributed by atoms with E-state index in [0.717, 1.165) is 6.08 Å². The molecule has 3 amide bonds. The Labute approximate surface area is 223 Å². The summed E-state index contributed by atoms with van der Waals surface area (Å²) in [5.41, 5.74) is -0.161. The number of phenols is 1. The van der Waals surface area contributed by atoms with Gasteiger partial charge < -0.3 is 35.3 Å². The second-order valence-corrected chi connectivity index (χ2v) is 9.12. The van der Waals surface area contributed by atoms with Gasteiger partial charge in [0.25, 0.3) is 0 Å². The van der Waals surface area contributed by atoms with Gasteiger partial charge in [0.05, 0.1) is 20.3 Å². The Hall–Kier alpha value is -4.09. The first-order chi connectivity index (χ1) is 18.2. The van der Waals surface area contributed by atoms with Gasteiger partial charge in [-0.2, -0.15) is 0 Å². The van der Waals surface area contributed by atoms with E-state index in [1.165, 1.54) is 32.2 Å². The van der Waals surface area contributed by atoms with Crippen molar-refractivity contribution in [1.82, 2.24) is 15.9 Å². The molecule has 2 atom stereocenters. The third-order valence-electron chi connectivity index (χ3n) is 4.71. The van der Waals surface area contributed by atoms with Gasteiger partial charge in [0.1, 0.15) is 17.7 Å². The van der Waals surface area contributed by atoms with E-state index in [9.17, 15) is 29.1 Å². The number of hydrogen-bond donors (Lipinski definition) is 4. The second-order valence-electron chi connectivity index (χ2n) is 9.12. The van der Waals surface area contributed by atoms with Crippen LogP contribution in [0, 0.1) is 0 Å². The van der Waals surface area contributed by atoms with Crippen molar-refractivity contribution in [2.45, 2.75) is 65.1 Å². The van der Waals surface area contributed by atoms with Crippen molar-refractivity contribution in [1.29, 1.82) is 0 Å². The molecule has 1 aromatic carbocycles. The van der Waals surface area contributed by atoms with Gasteiger partial charge >= 0.3 is 11.9 Å². The van der Waals surface area contributed by atoms with Crippen LogP contribution in [0.5, 0.6) is 11.5 Å². The first-order valence-corrected chi connectivity index (χ1v) is 12.0. The zero-order valence-corrected chi connectivity index (χ0v) is 22.5. The predicted octanol–water partition coefficient (Wildman–Crippen LogP) is 1.20. The van der Waals surface area contributed by atoms with Gasteiger partial charge in [0.2, 0.25) is 17.7 Å². The molecule has 1 aromatic rings. The first kappa shape index (κ1) is 30.1. The van der Waals surface area contributed by atoms with Gasteiger partial charge in [-0.15, -0.1) is 0 Å². The molecular formula is C26H37N3O9. The molecule has 0 aromatic heterocycles. The lowest BCUT2D eigenvalue weighted by molar-refractivity contribution is -0.155. The molecule has 0 bridgehead atoms. The number of methoxy groups -OCH3 is 1. The Morgan fingerprint density at radius 2 is 1.87 bits per heavy atom. The minimum atomic E-state index is -1.33. The van der Waals surface area contributed by atoms with Crippen LogP contribution >= 0.6 is 0 Å². The van der Waals surface area contributed by atoms with Gasteiger partial charge in [0.15, 0.2) is 12.9 Å². The maximum Gasteiger partial charge on any atom is 0.328 e. The highest BCUT2D eigenvalue weighted by Crippen LogP contribution is 2.26. The number of rotatable bonds is 13. The fraction of sp³-hybridized carbons (Fsp3) is 0.500. The van der Waals surface area contributed by atoms with E-state index in [1.54, 1.807) is 33.8 Å². The van der Waals surface area contributed by atoms with Crippen LogP contribution in [0.1, 0.15) is 53.0 Å². The third kappa shape index (κ3) is 12.2. The van der Waals surface area contributed by atoms with E-state index in [2.05, 4.69) is 10.6 Å². The largest absolute Gasteiger partial charge is 0.504 e. The molecule has 0 unspecified atom stereocenters. The summed E-state index contributed by atoms with van der Waals surface area (Å²) in [6.07, 6.45) is 2.31. The normalized spacial score (nSPS) is 13.1. The molecule has 210 valence electrons. The van der Waals surface area contributed by atoms with Crippen LogP contribution in [-0.2, 0) is 33.4 Å². The number of carbonyl (C=O) groups is 5. The first-order valence-electron chi connectivity index (χ1n) is 12.5. The van der Waals surface area contributed by atoms with Crippen molar-refractivity contribution < 1.29 is 44.7 Å². The topological polar surface area (TPSA) is 169 Å². The summed E-state index contributed by atoms with van der Waals surface area (Å²) < 4.78 is 23.2. The van der Waals surface area contributed by atoms with Gasteiger partial charge in [-0.05, 0) is 64.8 Å². The van der Waals surface area contributed by atoms with Crippen molar-refractivity contribution in [3.63, 3.8) is 0 Å². The second kappa shape index (κ2) is 15.2. The van der Waals surface area contributed by atoms with Crippen LogP contribution in [-0.4, -0.2) is 72.7 Å². The van der Waals surface area contributed by atoms with Crippen molar-refractivity contribution >= 4 is 35.7 Å². The molecule has 0 heterocycles. The average Bonchev–Trinajstić information content (AvgIpc) is 2.87. The molecule has 0 radical (unpaired) electrons. The Balaban J connectivity index is 2.69. The van der Waals surface area contributed by atoms with E-state index >= 15 is 0 Å². The predicted molar refractivity (Wildman–Crippen MR) is 138 cm³/mol. The van der Waals surface area contributed by atoms with E-state index < -0.39 is 53.9 Å². The molecule has 0 aliphatic heterocycles. The Kier molecular flexibility index (Phi) is 12.1. The van der Waals surface area contributed by atoms with Crippen LogP contribution in [0.15, 0.2) is 24.3 Å². The molecule has 1 rings (SSSR count). The number of benzene rings is 1. The maximum absolute atomic E-state index is 12.7. The molecule has 0 fully saturated rings. The van der Waals surface area contributed by atoms with E-state index in [-0.39, 0.29) is 30.9 Å². The van der Waals surface area contributed by atoms with Gasteiger partial charge in [-0.1, -0.05) is 6.07 Å². The monoisotopic (exact) mass is 536 g/mol. The average molecular weight is 537 g/mol. The van der Waals surface area contributed by atoms with Crippen LogP contribution in [0.2, 0.25) is 1.41 Å². The minimum Gasteiger partial charge on any atom is -0.504 e. The van der Waals surface area contributed by atoms with Gasteiger partial charge in [0, 0.05) is 12.5 Å². The number of nitrogens with one attached hydrogen (secondary N) is 3. The summed E-state index contributed by atoms with van der Waals surface area (Å²) in [6, 6.07) is 1.93. The highest BCUT2D eigenvalue weighted by molar-refractivity contribution is 5.95. The minimum absolute atomic E-state index is 0.0463. The van der Waals surface area contributed by atoms with Gasteiger partial charge in [-0.25, -0.2) is 4.79 Å². The Morgan fingerprint density at radius 1 is 1.18 bits per heavy atom. The molecule has 0 saturated carbocycles. The zero-order chi connectivity index (χ0) is 29.8. The van der Waals surface area contributed by atoms with E-state index in [1.807, 2.05) is 0 Å². The summed E-state index contributed by atoms with van der Waals surface area (Å²) >= 11 is 0. The van der Waals surface area contributed by atoms with Crippen LogP contribution in [0.4, 0.5) is 0 Å². The summed E-state index contributed by atoms with van der Waals surface area (Å²) in [5, 5.41) is 14.7. The fourth-order valence-electron chi connectivity index (χ4n) is 2.95. The smallest absolute Gasteiger partial charge is 0.328 e. The summed E-state index contributed by atoms with van der Waals surface area (Å²) in [6.45, 7) is 7.43. The number of phenolic OH excluding ortho intramolecular Hbond substituents is 1. The quantitative estimate of drug-likeness (QED) is 0.214. The summed E-state index contributed by atoms with van der Waals surface area (Å²) in [5.74, 6) is -3.51. The highest BCUT2D eigenvalue weighted by atomic mass is 16.6. The van der Waals surface area contributed by atoms with Gasteiger partial charge in [-0.3, -0.25) is 19.2 Å². The summed E-state index contributed by atoms with van der Waals surface area (Å²) in [4.78, 5) is 61.5.